The second kappa shape index (κ2) is 8.81. The van der Waals surface area contributed by atoms with Gasteiger partial charge in [0.2, 0.25) is 5.91 Å². The lowest BCUT2D eigenvalue weighted by molar-refractivity contribution is -0.117. The highest BCUT2D eigenvalue weighted by molar-refractivity contribution is 5.99. The molecular formula is C22H28N6O2. The maximum Gasteiger partial charge on any atom is 0.227 e. The van der Waals surface area contributed by atoms with Crippen LogP contribution in [0.4, 0.5) is 5.82 Å². The monoisotopic (exact) mass is 408 g/mol. The van der Waals surface area contributed by atoms with Crippen molar-refractivity contribution >= 4 is 22.8 Å². The van der Waals surface area contributed by atoms with E-state index in [1.165, 1.54) is 0 Å². The van der Waals surface area contributed by atoms with Crippen LogP contribution in [0.1, 0.15) is 20.3 Å². The fraction of sp³-hybridized carbons (Fsp3) is 0.409. The Morgan fingerprint density at radius 3 is 2.77 bits per heavy atom. The van der Waals surface area contributed by atoms with E-state index in [1.807, 2.05) is 18.2 Å². The van der Waals surface area contributed by atoms with Gasteiger partial charge in [0.05, 0.1) is 11.1 Å². The standard InChI is InChI=1S/C22H28N6O2/c1-3-27-9-11-28(12-10-27)15(2)13-20(30)24-22-18-7-8-19(23-21(18)25-26-22)16-5-4-6-17(29)14-16/h4-8,14-15,29H,3,9-13H2,1-2H3,(H2,23,24,25,26,30). The lowest BCUT2D eigenvalue weighted by atomic mass is 10.1. The average Bonchev–Trinajstić information content (AvgIpc) is 3.15. The van der Waals surface area contributed by atoms with Crippen molar-refractivity contribution in [3.05, 3.63) is 36.4 Å². The zero-order valence-corrected chi connectivity index (χ0v) is 17.4. The number of rotatable bonds is 6. The zero-order valence-electron chi connectivity index (χ0n) is 17.4. The van der Waals surface area contributed by atoms with Crippen molar-refractivity contribution in [1.29, 1.82) is 0 Å². The summed E-state index contributed by atoms with van der Waals surface area (Å²) in [5.41, 5.74) is 2.13. The molecule has 1 aliphatic heterocycles. The number of amides is 1. The van der Waals surface area contributed by atoms with Gasteiger partial charge in [-0.25, -0.2) is 4.98 Å². The lowest BCUT2D eigenvalue weighted by Crippen LogP contribution is -2.50. The zero-order chi connectivity index (χ0) is 21.1. The number of phenols is 1. The topological polar surface area (TPSA) is 97.4 Å². The van der Waals surface area contributed by atoms with Crippen molar-refractivity contribution in [3.63, 3.8) is 0 Å². The molecule has 158 valence electrons. The number of nitrogens with zero attached hydrogens (tertiary/aromatic N) is 4. The van der Waals surface area contributed by atoms with Gasteiger partial charge in [0, 0.05) is 44.2 Å². The number of aromatic nitrogens is 3. The van der Waals surface area contributed by atoms with E-state index in [-0.39, 0.29) is 17.7 Å². The number of aromatic amines is 1. The van der Waals surface area contributed by atoms with Crippen molar-refractivity contribution in [3.8, 4) is 17.0 Å². The third kappa shape index (κ3) is 4.44. The van der Waals surface area contributed by atoms with Gasteiger partial charge in [-0.05, 0) is 37.7 Å². The van der Waals surface area contributed by atoms with Gasteiger partial charge in [0.1, 0.15) is 5.75 Å². The first kappa shape index (κ1) is 20.3. The summed E-state index contributed by atoms with van der Waals surface area (Å²) in [4.78, 5) is 22.0. The van der Waals surface area contributed by atoms with Crippen molar-refractivity contribution in [2.24, 2.45) is 0 Å². The Morgan fingerprint density at radius 2 is 2.03 bits per heavy atom. The van der Waals surface area contributed by atoms with Crippen molar-refractivity contribution in [2.75, 3.05) is 38.0 Å². The number of benzene rings is 1. The van der Waals surface area contributed by atoms with Crippen LogP contribution < -0.4 is 5.32 Å². The third-order valence-corrected chi connectivity index (χ3v) is 5.78. The Hall–Kier alpha value is -2.97. The van der Waals surface area contributed by atoms with E-state index in [0.29, 0.717) is 17.9 Å². The number of phenolic OH excluding ortho intramolecular Hbond substituents is 1. The molecule has 8 heteroatoms. The Kier molecular flexibility index (Phi) is 5.96. The van der Waals surface area contributed by atoms with E-state index in [2.05, 4.69) is 44.1 Å². The third-order valence-electron chi connectivity index (χ3n) is 5.78. The fourth-order valence-electron chi connectivity index (χ4n) is 3.93. The molecule has 0 saturated carbocycles. The minimum atomic E-state index is -0.0501. The molecule has 0 spiro atoms. The number of likely N-dealkylation sites (N-methyl/N-ethyl adjacent to an activating group) is 1. The van der Waals surface area contributed by atoms with E-state index in [9.17, 15) is 9.90 Å². The second-order valence-electron chi connectivity index (χ2n) is 7.79. The second-order valence-corrected chi connectivity index (χ2v) is 7.79. The molecule has 1 unspecified atom stereocenters. The highest BCUT2D eigenvalue weighted by Gasteiger charge is 2.22. The van der Waals surface area contributed by atoms with Crippen molar-refractivity contribution in [2.45, 2.75) is 26.3 Å². The number of piperazine rings is 1. The SMILES string of the molecule is CCN1CCN(C(C)CC(=O)Nc2n[nH]c3nc(-c4cccc(O)c4)ccc23)CC1. The predicted molar refractivity (Wildman–Crippen MR) is 117 cm³/mol. The maximum atomic E-state index is 12.6. The first-order chi connectivity index (χ1) is 14.5. The molecule has 1 fully saturated rings. The smallest absolute Gasteiger partial charge is 0.227 e. The van der Waals surface area contributed by atoms with Gasteiger partial charge in [-0.1, -0.05) is 19.1 Å². The highest BCUT2D eigenvalue weighted by atomic mass is 16.3. The Bertz CT molecular complexity index is 1030. The summed E-state index contributed by atoms with van der Waals surface area (Å²) < 4.78 is 0. The maximum absolute atomic E-state index is 12.6. The van der Waals surface area contributed by atoms with E-state index < -0.39 is 0 Å². The summed E-state index contributed by atoms with van der Waals surface area (Å²) in [6.07, 6.45) is 0.426. The molecule has 3 aromatic rings. The Balaban J connectivity index is 1.41. The number of nitrogens with one attached hydrogen (secondary N) is 2. The summed E-state index contributed by atoms with van der Waals surface area (Å²) in [5.74, 6) is 0.635. The van der Waals surface area contributed by atoms with E-state index in [0.717, 1.165) is 49.4 Å². The number of hydrogen-bond acceptors (Lipinski definition) is 6. The highest BCUT2D eigenvalue weighted by Crippen LogP contribution is 2.26. The van der Waals surface area contributed by atoms with Crippen molar-refractivity contribution in [1.82, 2.24) is 25.0 Å². The number of H-pyrrole nitrogens is 1. The van der Waals surface area contributed by atoms with Crippen LogP contribution in [0.5, 0.6) is 5.75 Å². The minimum Gasteiger partial charge on any atom is -0.508 e. The summed E-state index contributed by atoms with van der Waals surface area (Å²) in [7, 11) is 0. The minimum absolute atomic E-state index is 0.0501. The first-order valence-corrected chi connectivity index (χ1v) is 10.4. The number of aromatic hydroxyl groups is 1. The molecule has 0 aliphatic carbocycles. The van der Waals surface area contributed by atoms with Gasteiger partial charge in [0.25, 0.3) is 0 Å². The van der Waals surface area contributed by atoms with Crippen LogP contribution in [-0.2, 0) is 4.79 Å². The summed E-state index contributed by atoms with van der Waals surface area (Å²) in [5, 5.41) is 20.5. The molecule has 1 aromatic carbocycles. The number of fused-ring (bicyclic) bond motifs is 1. The Morgan fingerprint density at radius 1 is 1.23 bits per heavy atom. The van der Waals surface area contributed by atoms with Crippen molar-refractivity contribution < 1.29 is 9.90 Å². The van der Waals surface area contributed by atoms with Gasteiger partial charge in [0.15, 0.2) is 11.5 Å². The number of pyridine rings is 1. The van der Waals surface area contributed by atoms with E-state index in [4.69, 9.17) is 0 Å². The number of carbonyl (C=O) groups is 1. The van der Waals surface area contributed by atoms with Crippen LogP contribution in [0.3, 0.4) is 0 Å². The quantitative estimate of drug-likeness (QED) is 0.580. The van der Waals surface area contributed by atoms with Crippen LogP contribution in [0.25, 0.3) is 22.3 Å². The van der Waals surface area contributed by atoms with Gasteiger partial charge < -0.3 is 15.3 Å². The van der Waals surface area contributed by atoms with Crippen LogP contribution in [0.2, 0.25) is 0 Å². The molecule has 0 bridgehead atoms. The van der Waals surface area contributed by atoms with Gasteiger partial charge in [-0.2, -0.15) is 5.10 Å². The van der Waals surface area contributed by atoms with Gasteiger partial charge in [-0.3, -0.25) is 14.8 Å². The van der Waals surface area contributed by atoms with Gasteiger partial charge >= 0.3 is 0 Å². The molecule has 0 radical (unpaired) electrons. The van der Waals surface area contributed by atoms with Gasteiger partial charge in [-0.15, -0.1) is 0 Å². The van der Waals surface area contributed by atoms with E-state index in [1.54, 1.807) is 18.2 Å². The first-order valence-electron chi connectivity index (χ1n) is 10.4. The molecule has 1 aliphatic rings. The molecule has 1 saturated heterocycles. The lowest BCUT2D eigenvalue weighted by Gasteiger charge is -2.37. The summed E-state index contributed by atoms with van der Waals surface area (Å²) in [6.45, 7) is 9.47. The Labute approximate surface area is 175 Å². The molecule has 1 atom stereocenters. The summed E-state index contributed by atoms with van der Waals surface area (Å²) >= 11 is 0. The normalized spacial score (nSPS) is 16.6. The molecular weight excluding hydrogens is 380 g/mol. The molecule has 3 heterocycles. The average molecular weight is 409 g/mol. The van der Waals surface area contributed by atoms with E-state index >= 15 is 0 Å². The van der Waals surface area contributed by atoms with Crippen LogP contribution in [-0.4, -0.2) is 74.8 Å². The predicted octanol–water partition coefficient (Wildman–Crippen LogP) is 2.69. The molecule has 8 nitrogen and oxygen atoms in total. The number of carbonyl (C=O) groups excluding carboxylic acids is 1. The van der Waals surface area contributed by atoms with Crippen LogP contribution in [0, 0.1) is 0 Å². The molecule has 3 N–H and O–H groups in total. The largest absolute Gasteiger partial charge is 0.508 e. The molecule has 2 aromatic heterocycles. The molecule has 1 amide bonds. The number of hydrogen-bond donors (Lipinski definition) is 3. The van der Waals surface area contributed by atoms with Crippen LogP contribution in [0.15, 0.2) is 36.4 Å². The summed E-state index contributed by atoms with van der Waals surface area (Å²) in [6, 6.07) is 10.9. The molecule has 30 heavy (non-hydrogen) atoms. The fourth-order valence-corrected chi connectivity index (χ4v) is 3.93. The molecule has 4 rings (SSSR count). The number of anilines is 1. The van der Waals surface area contributed by atoms with Crippen LogP contribution >= 0.6 is 0 Å².